The summed E-state index contributed by atoms with van der Waals surface area (Å²) in [5.41, 5.74) is 0.0627. The van der Waals surface area contributed by atoms with Gasteiger partial charge in [0.2, 0.25) is 0 Å². The summed E-state index contributed by atoms with van der Waals surface area (Å²) in [6.07, 6.45) is 0.863. The number of para-hydroxylation sites is 1. The summed E-state index contributed by atoms with van der Waals surface area (Å²) in [5.74, 6) is -1.95. The molecule has 3 rings (SSSR count). The Morgan fingerprint density at radius 1 is 1.24 bits per heavy atom. The molecule has 0 saturated carbocycles. The van der Waals surface area contributed by atoms with E-state index in [0.717, 1.165) is 23.3 Å². The number of carbonyl (C=O) groups is 1. The Labute approximate surface area is 149 Å². The van der Waals surface area contributed by atoms with Crippen molar-refractivity contribution in [3.63, 3.8) is 0 Å². The number of carbonyl (C=O) groups excluding carboxylic acids is 1. The minimum atomic E-state index is -3.84. The first-order chi connectivity index (χ1) is 11.5. The monoisotopic (exact) mass is 401 g/mol. The summed E-state index contributed by atoms with van der Waals surface area (Å²) in [6, 6.07) is 8.09. The van der Waals surface area contributed by atoms with Crippen LogP contribution in [0.25, 0.3) is 0 Å². The maximum absolute atomic E-state index is 12.8. The number of aromatic hydroxyl groups is 1. The highest BCUT2D eigenvalue weighted by Crippen LogP contribution is 2.37. The van der Waals surface area contributed by atoms with E-state index in [2.05, 4.69) is 0 Å². The second-order valence-electron chi connectivity index (χ2n) is 5.52. The summed E-state index contributed by atoms with van der Waals surface area (Å²) in [6.45, 7) is 0. The molecule has 0 bridgehead atoms. The molecule has 0 aliphatic carbocycles. The maximum atomic E-state index is 12.8. The lowest BCUT2D eigenvalue weighted by atomic mass is 10.1. The van der Waals surface area contributed by atoms with Crippen LogP contribution in [0.15, 0.2) is 46.2 Å². The number of phenols is 1. The largest absolute Gasteiger partial charge is 0.505 e. The molecular formula is C15H12ClNO6S2. The zero-order valence-electron chi connectivity index (χ0n) is 12.8. The molecular weight excluding hydrogens is 390 g/mol. The molecule has 0 aromatic heterocycles. The van der Waals surface area contributed by atoms with Gasteiger partial charge in [0.25, 0.3) is 5.91 Å². The van der Waals surface area contributed by atoms with Crippen molar-refractivity contribution in [3.05, 3.63) is 47.0 Å². The van der Waals surface area contributed by atoms with E-state index in [9.17, 15) is 26.7 Å². The SMILES string of the molecule is CS(=O)(=O)c1cc(C(=O)N2CS(=O)(=O)c3ccccc32)cc(Cl)c1O. The first-order valence-corrected chi connectivity index (χ1v) is 10.8. The van der Waals surface area contributed by atoms with Crippen molar-refractivity contribution in [1.29, 1.82) is 0 Å². The molecule has 1 amide bonds. The minimum Gasteiger partial charge on any atom is -0.505 e. The van der Waals surface area contributed by atoms with Gasteiger partial charge < -0.3 is 5.11 Å². The zero-order valence-corrected chi connectivity index (χ0v) is 15.2. The second kappa shape index (κ2) is 5.72. The molecule has 25 heavy (non-hydrogen) atoms. The van der Waals surface area contributed by atoms with Crippen molar-refractivity contribution in [1.82, 2.24) is 0 Å². The number of nitrogens with zero attached hydrogens (tertiary/aromatic N) is 1. The van der Waals surface area contributed by atoms with Gasteiger partial charge in [0.1, 0.15) is 10.8 Å². The number of rotatable bonds is 2. The van der Waals surface area contributed by atoms with E-state index in [1.54, 1.807) is 12.1 Å². The smallest absolute Gasteiger partial charge is 0.259 e. The fourth-order valence-electron chi connectivity index (χ4n) is 2.56. The number of hydrogen-bond donors (Lipinski definition) is 1. The molecule has 1 heterocycles. The van der Waals surface area contributed by atoms with Crippen LogP contribution >= 0.6 is 11.6 Å². The molecule has 0 atom stereocenters. The summed E-state index contributed by atoms with van der Waals surface area (Å²) < 4.78 is 47.9. The summed E-state index contributed by atoms with van der Waals surface area (Å²) >= 11 is 5.83. The highest BCUT2D eigenvalue weighted by atomic mass is 35.5. The van der Waals surface area contributed by atoms with Gasteiger partial charge >= 0.3 is 0 Å². The van der Waals surface area contributed by atoms with E-state index in [0.29, 0.717) is 0 Å². The van der Waals surface area contributed by atoms with Gasteiger partial charge in [-0.25, -0.2) is 16.8 Å². The Morgan fingerprint density at radius 2 is 1.88 bits per heavy atom. The van der Waals surface area contributed by atoms with E-state index < -0.39 is 42.1 Å². The summed E-state index contributed by atoms with van der Waals surface area (Å²) in [7, 11) is -7.50. The van der Waals surface area contributed by atoms with Crippen molar-refractivity contribution in [2.24, 2.45) is 0 Å². The van der Waals surface area contributed by atoms with E-state index in [-0.39, 0.29) is 21.2 Å². The number of benzene rings is 2. The fraction of sp³-hybridized carbons (Fsp3) is 0.133. The third-order valence-electron chi connectivity index (χ3n) is 3.71. The topological polar surface area (TPSA) is 109 Å². The lowest BCUT2D eigenvalue weighted by Gasteiger charge is -2.17. The lowest BCUT2D eigenvalue weighted by molar-refractivity contribution is 0.0991. The van der Waals surface area contributed by atoms with Crippen LogP contribution in [0.2, 0.25) is 5.02 Å². The third-order valence-corrected chi connectivity index (χ3v) is 6.72. The summed E-state index contributed by atoms with van der Waals surface area (Å²) in [4.78, 5) is 13.3. The van der Waals surface area contributed by atoms with Gasteiger partial charge in [-0.1, -0.05) is 23.7 Å². The molecule has 0 fully saturated rings. The van der Waals surface area contributed by atoms with Crippen molar-refractivity contribution in [2.75, 3.05) is 17.0 Å². The molecule has 0 saturated heterocycles. The maximum Gasteiger partial charge on any atom is 0.259 e. The van der Waals surface area contributed by atoms with Gasteiger partial charge in [-0.2, -0.15) is 0 Å². The summed E-state index contributed by atoms with van der Waals surface area (Å²) in [5, 5.41) is 9.50. The molecule has 1 N–H and O–H groups in total. The highest BCUT2D eigenvalue weighted by molar-refractivity contribution is 7.92. The Morgan fingerprint density at radius 3 is 2.52 bits per heavy atom. The van der Waals surface area contributed by atoms with Crippen molar-refractivity contribution < 1.29 is 26.7 Å². The van der Waals surface area contributed by atoms with Gasteiger partial charge in [0.15, 0.2) is 25.4 Å². The predicted octanol–water partition coefficient (Wildman–Crippen LogP) is 1.84. The molecule has 7 nitrogen and oxygen atoms in total. The Kier molecular flexibility index (Phi) is 4.05. The minimum absolute atomic E-state index is 0.0246. The Hall–Kier alpha value is -2.10. The van der Waals surface area contributed by atoms with E-state index >= 15 is 0 Å². The van der Waals surface area contributed by atoms with E-state index in [1.165, 1.54) is 12.1 Å². The number of sulfone groups is 2. The zero-order chi connectivity index (χ0) is 18.6. The quantitative estimate of drug-likeness (QED) is 0.822. The Balaban J connectivity index is 2.14. The van der Waals surface area contributed by atoms with Gasteiger partial charge in [-0.05, 0) is 24.3 Å². The molecule has 10 heteroatoms. The normalized spacial score (nSPS) is 15.8. The van der Waals surface area contributed by atoms with Crippen LogP contribution in [-0.2, 0) is 19.7 Å². The van der Waals surface area contributed by atoms with Crippen LogP contribution in [0.4, 0.5) is 5.69 Å². The Bertz CT molecular complexity index is 1110. The average Bonchev–Trinajstić information content (AvgIpc) is 2.80. The van der Waals surface area contributed by atoms with E-state index in [1.807, 2.05) is 0 Å². The highest BCUT2D eigenvalue weighted by Gasteiger charge is 2.36. The number of hydrogen-bond acceptors (Lipinski definition) is 6. The van der Waals surface area contributed by atoms with E-state index in [4.69, 9.17) is 11.6 Å². The molecule has 0 radical (unpaired) electrons. The number of fused-ring (bicyclic) bond motifs is 1. The van der Waals surface area contributed by atoms with Crippen LogP contribution in [0.1, 0.15) is 10.4 Å². The van der Waals surface area contributed by atoms with Gasteiger partial charge in [-0.15, -0.1) is 0 Å². The van der Waals surface area contributed by atoms with Crippen LogP contribution in [-0.4, -0.2) is 40.0 Å². The third kappa shape index (κ3) is 2.99. The van der Waals surface area contributed by atoms with Gasteiger partial charge in [0, 0.05) is 11.8 Å². The van der Waals surface area contributed by atoms with Crippen molar-refractivity contribution >= 4 is 42.9 Å². The molecule has 2 aromatic carbocycles. The average molecular weight is 402 g/mol. The number of phenolic OH excluding ortho intramolecular Hbond substituents is 1. The number of halogens is 1. The molecule has 2 aromatic rings. The molecule has 1 aliphatic rings. The van der Waals surface area contributed by atoms with Crippen molar-refractivity contribution in [3.8, 4) is 5.75 Å². The van der Waals surface area contributed by atoms with Crippen molar-refractivity contribution in [2.45, 2.75) is 9.79 Å². The number of anilines is 1. The standard InChI is InChI=1S/C15H12ClNO6S2/c1-24(20,21)13-7-9(6-10(16)14(13)18)15(19)17-8-25(22,23)12-5-3-2-4-11(12)17/h2-7,18H,8H2,1H3. The van der Waals surface area contributed by atoms with Crippen LogP contribution in [0, 0.1) is 0 Å². The lowest BCUT2D eigenvalue weighted by Crippen LogP contribution is -2.30. The number of amides is 1. The van der Waals surface area contributed by atoms with Crippen LogP contribution < -0.4 is 4.90 Å². The first kappa shape index (κ1) is 17.7. The second-order valence-corrected chi connectivity index (χ2v) is 9.84. The molecule has 1 aliphatic heterocycles. The first-order valence-electron chi connectivity index (χ1n) is 6.88. The molecule has 0 unspecified atom stereocenters. The van der Waals surface area contributed by atoms with Crippen LogP contribution in [0.5, 0.6) is 5.75 Å². The molecule has 132 valence electrons. The fourth-order valence-corrected chi connectivity index (χ4v) is 5.15. The predicted molar refractivity (Wildman–Crippen MR) is 91.5 cm³/mol. The van der Waals surface area contributed by atoms with Gasteiger partial charge in [-0.3, -0.25) is 9.69 Å². The van der Waals surface area contributed by atoms with Gasteiger partial charge in [0.05, 0.1) is 15.6 Å². The van der Waals surface area contributed by atoms with Crippen LogP contribution in [0.3, 0.4) is 0 Å². The molecule has 0 spiro atoms.